The van der Waals surface area contributed by atoms with Crippen LogP contribution in [0.25, 0.3) is 6.08 Å². The third-order valence-electron chi connectivity index (χ3n) is 4.80. The number of methoxy groups -OCH3 is 1. The summed E-state index contributed by atoms with van der Waals surface area (Å²) in [5.41, 5.74) is 1.34. The van der Waals surface area contributed by atoms with Crippen LogP contribution in [0.4, 0.5) is 11.4 Å². The Balaban J connectivity index is 1.50. The minimum absolute atomic E-state index is 0.120. The molecule has 1 saturated heterocycles. The quantitative estimate of drug-likeness (QED) is 0.115. The van der Waals surface area contributed by atoms with Gasteiger partial charge in [-0.25, -0.2) is 4.79 Å². The standard InChI is InChI=1S/C24H16N2O6S2/c1-31-19-11-9-17(10-12-19)25-22(27)21(34-24(25)33)14-15-3-2-4-20(13-15)32-23(28)16-5-7-18(8-6-16)26(29)30/h2-14H,1H3/b21-14+. The van der Waals surface area contributed by atoms with Crippen molar-refractivity contribution >= 4 is 57.6 Å². The highest BCUT2D eigenvalue weighted by Crippen LogP contribution is 2.36. The molecule has 1 amide bonds. The first-order valence-electron chi connectivity index (χ1n) is 9.84. The number of benzene rings is 3. The number of non-ortho nitro benzene ring substituents is 1. The van der Waals surface area contributed by atoms with Crippen LogP contribution in [0.5, 0.6) is 11.5 Å². The molecule has 0 bridgehead atoms. The minimum atomic E-state index is -0.655. The van der Waals surface area contributed by atoms with E-state index in [1.54, 1.807) is 61.7 Å². The second-order valence-electron chi connectivity index (χ2n) is 6.98. The maximum atomic E-state index is 13.0. The van der Waals surface area contributed by atoms with Crippen molar-refractivity contribution in [3.05, 3.63) is 98.9 Å². The SMILES string of the molecule is COc1ccc(N2C(=O)/C(=C\c3cccc(OC(=O)c4ccc([N+](=O)[O-])cc4)c3)SC2=S)cc1. The first-order chi connectivity index (χ1) is 16.4. The number of carbonyl (C=O) groups is 2. The molecule has 170 valence electrons. The molecular formula is C24H16N2O6S2. The van der Waals surface area contributed by atoms with Crippen LogP contribution in [0.3, 0.4) is 0 Å². The summed E-state index contributed by atoms with van der Waals surface area (Å²) in [5, 5.41) is 10.8. The lowest BCUT2D eigenvalue weighted by atomic mass is 10.2. The normalized spacial score (nSPS) is 14.4. The molecule has 0 unspecified atom stereocenters. The fraction of sp³-hybridized carbons (Fsp3) is 0.0417. The van der Waals surface area contributed by atoms with E-state index < -0.39 is 10.9 Å². The highest BCUT2D eigenvalue weighted by Gasteiger charge is 2.33. The number of thioether (sulfide) groups is 1. The van der Waals surface area contributed by atoms with Crippen LogP contribution >= 0.6 is 24.0 Å². The van der Waals surface area contributed by atoms with Crippen molar-refractivity contribution in [3.63, 3.8) is 0 Å². The summed E-state index contributed by atoms with van der Waals surface area (Å²) >= 11 is 6.58. The van der Waals surface area contributed by atoms with Gasteiger partial charge in [0.1, 0.15) is 11.5 Å². The van der Waals surface area contributed by atoms with E-state index in [0.717, 1.165) is 0 Å². The van der Waals surface area contributed by atoms with Crippen LogP contribution < -0.4 is 14.4 Å². The largest absolute Gasteiger partial charge is 0.497 e. The number of nitro groups is 1. The predicted molar refractivity (Wildman–Crippen MR) is 133 cm³/mol. The monoisotopic (exact) mass is 492 g/mol. The number of thiocarbonyl (C=S) groups is 1. The Hall–Kier alpha value is -4.02. The van der Waals surface area contributed by atoms with E-state index in [1.165, 1.54) is 40.9 Å². The van der Waals surface area contributed by atoms with Gasteiger partial charge in [-0.3, -0.25) is 19.8 Å². The molecule has 0 saturated carbocycles. The molecule has 0 aromatic heterocycles. The predicted octanol–water partition coefficient (Wildman–Crippen LogP) is 5.23. The highest BCUT2D eigenvalue weighted by atomic mass is 32.2. The summed E-state index contributed by atoms with van der Waals surface area (Å²) in [6.07, 6.45) is 1.67. The first-order valence-corrected chi connectivity index (χ1v) is 11.1. The van der Waals surface area contributed by atoms with Gasteiger partial charge in [-0.1, -0.05) is 36.1 Å². The molecule has 1 aliphatic rings. The lowest BCUT2D eigenvalue weighted by molar-refractivity contribution is -0.384. The van der Waals surface area contributed by atoms with Crippen molar-refractivity contribution in [2.45, 2.75) is 0 Å². The van der Waals surface area contributed by atoms with Crippen LogP contribution in [0.15, 0.2) is 77.7 Å². The molecule has 1 heterocycles. The van der Waals surface area contributed by atoms with E-state index in [2.05, 4.69) is 0 Å². The molecule has 4 rings (SSSR count). The minimum Gasteiger partial charge on any atom is -0.497 e. The number of amides is 1. The number of hydrogen-bond acceptors (Lipinski definition) is 8. The number of anilines is 1. The third-order valence-corrected chi connectivity index (χ3v) is 6.11. The summed E-state index contributed by atoms with van der Waals surface area (Å²) in [5.74, 6) is 0.0267. The summed E-state index contributed by atoms with van der Waals surface area (Å²) in [6.45, 7) is 0. The van der Waals surface area contributed by atoms with E-state index in [0.29, 0.717) is 26.2 Å². The molecule has 0 spiro atoms. The molecule has 3 aromatic carbocycles. The van der Waals surface area contributed by atoms with Crippen molar-refractivity contribution < 1.29 is 24.0 Å². The molecule has 0 radical (unpaired) electrons. The van der Waals surface area contributed by atoms with Gasteiger partial charge in [0.05, 0.1) is 28.2 Å². The third kappa shape index (κ3) is 4.98. The number of carbonyl (C=O) groups excluding carboxylic acids is 2. The molecule has 34 heavy (non-hydrogen) atoms. The van der Waals surface area contributed by atoms with Crippen LogP contribution in [-0.4, -0.2) is 28.2 Å². The Morgan fingerprint density at radius 2 is 1.76 bits per heavy atom. The first kappa shape index (κ1) is 23.1. The summed E-state index contributed by atoms with van der Waals surface area (Å²) in [6, 6.07) is 18.8. The second kappa shape index (κ2) is 9.86. The maximum absolute atomic E-state index is 13.0. The van der Waals surface area contributed by atoms with Crippen LogP contribution in [-0.2, 0) is 4.79 Å². The molecule has 0 N–H and O–H groups in total. The molecule has 0 atom stereocenters. The highest BCUT2D eigenvalue weighted by molar-refractivity contribution is 8.27. The number of nitrogens with zero attached hydrogens (tertiary/aromatic N) is 2. The molecule has 10 heteroatoms. The van der Waals surface area contributed by atoms with Gasteiger partial charge in [0.25, 0.3) is 11.6 Å². The Morgan fingerprint density at radius 1 is 1.06 bits per heavy atom. The Labute approximate surface area is 203 Å². The van der Waals surface area contributed by atoms with Crippen LogP contribution in [0.1, 0.15) is 15.9 Å². The fourth-order valence-corrected chi connectivity index (χ4v) is 4.43. The van der Waals surface area contributed by atoms with Crippen LogP contribution in [0, 0.1) is 10.1 Å². The summed E-state index contributed by atoms with van der Waals surface area (Å²) < 4.78 is 10.9. The van der Waals surface area contributed by atoms with Crippen molar-refractivity contribution in [2.75, 3.05) is 12.0 Å². The molecule has 1 fully saturated rings. The van der Waals surface area contributed by atoms with E-state index in [9.17, 15) is 19.7 Å². The van der Waals surface area contributed by atoms with Crippen molar-refractivity contribution in [2.24, 2.45) is 0 Å². The van der Waals surface area contributed by atoms with Crippen molar-refractivity contribution in [1.82, 2.24) is 0 Å². The number of rotatable bonds is 6. The molecular weight excluding hydrogens is 476 g/mol. The summed E-state index contributed by atoms with van der Waals surface area (Å²) in [7, 11) is 1.56. The van der Waals surface area contributed by atoms with E-state index in [4.69, 9.17) is 21.7 Å². The number of hydrogen-bond donors (Lipinski definition) is 0. The second-order valence-corrected chi connectivity index (χ2v) is 8.66. The average Bonchev–Trinajstić information content (AvgIpc) is 3.11. The van der Waals surface area contributed by atoms with Gasteiger partial charge in [-0.2, -0.15) is 0 Å². The Bertz CT molecular complexity index is 1320. The maximum Gasteiger partial charge on any atom is 0.343 e. The van der Waals surface area contributed by atoms with Gasteiger partial charge in [-0.05, 0) is 60.2 Å². The Kier molecular flexibility index (Phi) is 6.71. The molecule has 1 aliphatic heterocycles. The molecule has 8 nitrogen and oxygen atoms in total. The fourth-order valence-electron chi connectivity index (χ4n) is 3.13. The van der Waals surface area contributed by atoms with E-state index >= 15 is 0 Å². The van der Waals surface area contributed by atoms with E-state index in [1.807, 2.05) is 0 Å². The Morgan fingerprint density at radius 3 is 2.41 bits per heavy atom. The van der Waals surface area contributed by atoms with Gasteiger partial charge in [0, 0.05) is 12.1 Å². The summed E-state index contributed by atoms with van der Waals surface area (Å²) in [4.78, 5) is 37.5. The zero-order valence-corrected chi connectivity index (χ0v) is 19.3. The zero-order valence-electron chi connectivity index (χ0n) is 17.7. The lowest BCUT2D eigenvalue weighted by Gasteiger charge is -2.14. The number of esters is 1. The number of ether oxygens (including phenoxy) is 2. The smallest absolute Gasteiger partial charge is 0.343 e. The topological polar surface area (TPSA) is 99.0 Å². The van der Waals surface area contributed by atoms with E-state index in [-0.39, 0.29) is 22.9 Å². The van der Waals surface area contributed by atoms with Gasteiger partial charge in [-0.15, -0.1) is 0 Å². The lowest BCUT2D eigenvalue weighted by Crippen LogP contribution is -2.27. The van der Waals surface area contributed by atoms with Gasteiger partial charge >= 0.3 is 5.97 Å². The van der Waals surface area contributed by atoms with Gasteiger partial charge in [0.15, 0.2) is 4.32 Å². The van der Waals surface area contributed by atoms with Crippen LogP contribution in [0.2, 0.25) is 0 Å². The molecule has 0 aliphatic carbocycles. The van der Waals surface area contributed by atoms with Crippen molar-refractivity contribution in [3.8, 4) is 11.5 Å². The average molecular weight is 493 g/mol. The zero-order chi connectivity index (χ0) is 24.2. The number of nitro benzene ring substituents is 1. The molecule has 3 aromatic rings. The van der Waals surface area contributed by atoms with Gasteiger partial charge < -0.3 is 9.47 Å². The van der Waals surface area contributed by atoms with Crippen molar-refractivity contribution in [1.29, 1.82) is 0 Å². The van der Waals surface area contributed by atoms with Gasteiger partial charge in [0.2, 0.25) is 0 Å².